The Morgan fingerprint density at radius 1 is 1.23 bits per heavy atom. The number of aryl methyl sites for hydroxylation is 3. The Balaban J connectivity index is 0.00000338. The number of hydrogen-bond donors (Lipinski definition) is 3. The van der Waals surface area contributed by atoms with E-state index in [1.54, 1.807) is 10.9 Å². The summed E-state index contributed by atoms with van der Waals surface area (Å²) in [6.07, 6.45) is 1.99. The van der Waals surface area contributed by atoms with Crippen LogP contribution in [0.3, 0.4) is 0 Å². The van der Waals surface area contributed by atoms with Crippen LogP contribution < -0.4 is 16.2 Å². The number of anilines is 1. The number of carbonyl (C=O) groups is 1. The fourth-order valence-corrected chi connectivity index (χ4v) is 2.78. The van der Waals surface area contributed by atoms with Crippen LogP contribution in [0.2, 0.25) is 0 Å². The second-order valence-corrected chi connectivity index (χ2v) is 6.75. The molecule has 0 unspecified atom stereocenters. The van der Waals surface area contributed by atoms with E-state index in [1.807, 2.05) is 32.4 Å². The van der Waals surface area contributed by atoms with Crippen molar-refractivity contribution in [2.45, 2.75) is 47.2 Å². The Morgan fingerprint density at radius 3 is 2.46 bits per heavy atom. The lowest BCUT2D eigenvalue weighted by atomic mass is 10.4. The summed E-state index contributed by atoms with van der Waals surface area (Å²) >= 11 is 8.65. The molecule has 8 nitrogen and oxygen atoms in total. The van der Waals surface area contributed by atoms with E-state index in [2.05, 4.69) is 42.3 Å². The van der Waals surface area contributed by atoms with Crippen LogP contribution in [0, 0.1) is 20.8 Å². The third-order valence-electron chi connectivity index (χ3n) is 3.81. The van der Waals surface area contributed by atoms with Gasteiger partial charge in [-0.2, -0.15) is 10.2 Å². The highest BCUT2D eigenvalue weighted by Gasteiger charge is 2.11. The van der Waals surface area contributed by atoms with Gasteiger partial charge in [-0.15, -0.1) is 12.4 Å². The van der Waals surface area contributed by atoms with E-state index in [0.717, 1.165) is 33.8 Å². The van der Waals surface area contributed by atoms with Crippen molar-refractivity contribution < 1.29 is 4.79 Å². The molecule has 2 heterocycles. The van der Waals surface area contributed by atoms with Gasteiger partial charge in [0.1, 0.15) is 0 Å². The molecule has 2 aromatic heterocycles. The highest BCUT2D eigenvalue weighted by Crippen LogP contribution is 2.19. The quantitative estimate of drug-likeness (QED) is 0.466. The van der Waals surface area contributed by atoms with Crippen LogP contribution >= 0.6 is 40.6 Å². The molecule has 0 spiro atoms. The van der Waals surface area contributed by atoms with Crippen molar-refractivity contribution in [3.05, 3.63) is 27.8 Å². The Hall–Kier alpha value is -1.65. The second-order valence-electron chi connectivity index (χ2n) is 5.54. The zero-order valence-electron chi connectivity index (χ0n) is 15.1. The normalized spacial score (nSPS) is 10.2. The molecular formula is C15H23BrClN7OS. The predicted molar refractivity (Wildman–Crippen MR) is 111 cm³/mol. The standard InChI is InChI=1S/C15H22BrN7OS.ClH/c1-5-22-10(3)12(8-17-22)18-15(25)20-19-13(24)6-7-23-11(4)14(16)9(2)21-23;/h8H,5-7H2,1-4H3,(H,19,24)(H2,18,20,25);1H. The lowest BCUT2D eigenvalue weighted by Crippen LogP contribution is -2.44. The van der Waals surface area contributed by atoms with Gasteiger partial charge < -0.3 is 5.32 Å². The summed E-state index contributed by atoms with van der Waals surface area (Å²) in [4.78, 5) is 12.0. The van der Waals surface area contributed by atoms with Crippen LogP contribution in [0.4, 0.5) is 5.69 Å². The number of nitrogens with one attached hydrogen (secondary N) is 3. The number of hydrazine groups is 1. The van der Waals surface area contributed by atoms with Crippen LogP contribution in [-0.4, -0.2) is 30.6 Å². The van der Waals surface area contributed by atoms with Crippen LogP contribution in [0.5, 0.6) is 0 Å². The predicted octanol–water partition coefficient (Wildman–Crippen LogP) is 2.62. The molecule has 0 saturated heterocycles. The summed E-state index contributed by atoms with van der Waals surface area (Å²) in [5, 5.41) is 11.9. The van der Waals surface area contributed by atoms with E-state index in [1.165, 1.54) is 0 Å². The second kappa shape index (κ2) is 9.89. The average molecular weight is 465 g/mol. The minimum Gasteiger partial charge on any atom is -0.329 e. The minimum atomic E-state index is -0.172. The third-order valence-corrected chi connectivity index (χ3v) is 5.16. The van der Waals surface area contributed by atoms with Crippen molar-refractivity contribution >= 4 is 57.3 Å². The smallest absolute Gasteiger partial charge is 0.240 e. The van der Waals surface area contributed by atoms with Gasteiger partial charge >= 0.3 is 0 Å². The summed E-state index contributed by atoms with van der Waals surface area (Å²) in [6, 6.07) is 0. The van der Waals surface area contributed by atoms with Gasteiger partial charge in [-0.25, -0.2) is 0 Å². The molecule has 0 aliphatic heterocycles. The number of nitrogens with zero attached hydrogens (tertiary/aromatic N) is 4. The van der Waals surface area contributed by atoms with Gasteiger partial charge in [0, 0.05) is 18.7 Å². The molecule has 0 bridgehead atoms. The Morgan fingerprint density at radius 2 is 1.92 bits per heavy atom. The molecule has 0 saturated carbocycles. The molecule has 0 aliphatic carbocycles. The van der Waals surface area contributed by atoms with Crippen molar-refractivity contribution in [2.24, 2.45) is 0 Å². The maximum Gasteiger partial charge on any atom is 0.240 e. The fraction of sp³-hybridized carbons (Fsp3) is 0.467. The van der Waals surface area contributed by atoms with E-state index in [0.29, 0.717) is 11.7 Å². The monoisotopic (exact) mass is 463 g/mol. The molecule has 0 aromatic carbocycles. The maximum absolute atomic E-state index is 12.0. The molecule has 0 atom stereocenters. The lowest BCUT2D eigenvalue weighted by molar-refractivity contribution is -0.121. The van der Waals surface area contributed by atoms with Crippen molar-refractivity contribution in [1.29, 1.82) is 0 Å². The summed E-state index contributed by atoms with van der Waals surface area (Å²) in [7, 11) is 0. The van der Waals surface area contributed by atoms with Gasteiger partial charge in [-0.1, -0.05) is 0 Å². The molecule has 0 radical (unpaired) electrons. The number of hydrogen-bond acceptors (Lipinski definition) is 4. The molecular weight excluding hydrogens is 442 g/mol. The topological polar surface area (TPSA) is 88.8 Å². The van der Waals surface area contributed by atoms with Crippen LogP contribution in [-0.2, 0) is 17.9 Å². The van der Waals surface area contributed by atoms with Gasteiger partial charge in [0.15, 0.2) is 5.11 Å². The molecule has 26 heavy (non-hydrogen) atoms. The highest BCUT2D eigenvalue weighted by atomic mass is 79.9. The summed E-state index contributed by atoms with van der Waals surface area (Å²) < 4.78 is 4.63. The van der Waals surface area contributed by atoms with Crippen molar-refractivity contribution in [3.8, 4) is 0 Å². The number of halogens is 2. The lowest BCUT2D eigenvalue weighted by Gasteiger charge is -2.11. The molecule has 1 amide bonds. The Labute approximate surface area is 172 Å². The molecule has 0 aliphatic rings. The van der Waals surface area contributed by atoms with Gasteiger partial charge in [-0.3, -0.25) is 25.0 Å². The molecule has 144 valence electrons. The van der Waals surface area contributed by atoms with Crippen LogP contribution in [0.1, 0.15) is 30.4 Å². The first-order valence-corrected chi connectivity index (χ1v) is 9.11. The molecule has 2 rings (SSSR count). The first-order valence-electron chi connectivity index (χ1n) is 7.91. The number of rotatable bonds is 5. The van der Waals surface area contributed by atoms with Crippen LogP contribution in [0.25, 0.3) is 0 Å². The number of aromatic nitrogens is 4. The third kappa shape index (κ3) is 5.42. The van der Waals surface area contributed by atoms with E-state index in [4.69, 9.17) is 12.2 Å². The van der Waals surface area contributed by atoms with Crippen molar-refractivity contribution in [3.63, 3.8) is 0 Å². The first-order chi connectivity index (χ1) is 11.8. The first kappa shape index (κ1) is 22.4. The van der Waals surface area contributed by atoms with Gasteiger partial charge in [0.25, 0.3) is 0 Å². The van der Waals surface area contributed by atoms with E-state index in [9.17, 15) is 4.79 Å². The summed E-state index contributed by atoms with van der Waals surface area (Å²) in [5.41, 5.74) is 8.97. The van der Waals surface area contributed by atoms with Gasteiger partial charge in [-0.05, 0) is 55.8 Å². The van der Waals surface area contributed by atoms with Gasteiger partial charge in [0.05, 0.1) is 34.3 Å². The van der Waals surface area contributed by atoms with E-state index >= 15 is 0 Å². The number of amides is 1. The van der Waals surface area contributed by atoms with E-state index < -0.39 is 0 Å². The van der Waals surface area contributed by atoms with Gasteiger partial charge in [0.2, 0.25) is 5.91 Å². The maximum atomic E-state index is 12.0. The number of thiocarbonyl (C=S) groups is 1. The van der Waals surface area contributed by atoms with Crippen LogP contribution in [0.15, 0.2) is 10.7 Å². The Bertz CT molecular complexity index is 789. The summed E-state index contributed by atoms with van der Waals surface area (Å²) in [5.74, 6) is -0.172. The zero-order chi connectivity index (χ0) is 18.6. The molecule has 3 N–H and O–H groups in total. The zero-order valence-corrected chi connectivity index (χ0v) is 18.3. The number of carbonyl (C=O) groups excluding carboxylic acids is 1. The molecule has 2 aromatic rings. The molecule has 0 fully saturated rings. The minimum absolute atomic E-state index is 0. The van der Waals surface area contributed by atoms with E-state index in [-0.39, 0.29) is 24.7 Å². The fourth-order valence-electron chi connectivity index (χ4n) is 2.33. The van der Waals surface area contributed by atoms with Crippen molar-refractivity contribution in [2.75, 3.05) is 5.32 Å². The largest absolute Gasteiger partial charge is 0.329 e. The average Bonchev–Trinajstić information content (AvgIpc) is 3.05. The van der Waals surface area contributed by atoms with Crippen molar-refractivity contribution in [1.82, 2.24) is 30.4 Å². The Kier molecular flexibility index (Phi) is 8.51. The SMILES string of the molecule is CCn1ncc(NC(=S)NNC(=O)CCn2nc(C)c(Br)c2C)c1C.Cl. The summed E-state index contributed by atoms with van der Waals surface area (Å²) in [6.45, 7) is 9.12. The molecule has 11 heteroatoms. The highest BCUT2D eigenvalue weighted by molar-refractivity contribution is 9.10.